The third-order valence-corrected chi connectivity index (χ3v) is 2.79. The maximum absolute atomic E-state index is 2.28. The van der Waals surface area contributed by atoms with Crippen LogP contribution in [0.1, 0.15) is 19.3 Å². The van der Waals surface area contributed by atoms with Gasteiger partial charge in [0.1, 0.15) is 0 Å². The highest BCUT2D eigenvalue weighted by molar-refractivity contribution is 5.30. The Balaban J connectivity index is 2.13. The fourth-order valence-electron chi connectivity index (χ4n) is 1.85. The molecule has 0 fully saturated rings. The minimum Gasteiger partial charge on any atom is -0.348 e. The first-order chi connectivity index (χ1) is 7.38. The molecule has 1 nitrogen and oxygen atoms in total. The van der Waals surface area contributed by atoms with Gasteiger partial charge in [0.15, 0.2) is 0 Å². The molecule has 2 aliphatic carbocycles. The summed E-state index contributed by atoms with van der Waals surface area (Å²) < 4.78 is 0. The zero-order chi connectivity index (χ0) is 10.5. The van der Waals surface area contributed by atoms with Crippen LogP contribution in [0, 0.1) is 0 Å². The number of hydrogen-bond acceptors (Lipinski definition) is 1. The molecule has 0 bridgehead atoms. The van der Waals surface area contributed by atoms with E-state index in [0.717, 1.165) is 19.3 Å². The molecule has 0 N–H and O–H groups in total. The van der Waals surface area contributed by atoms with Crippen LogP contribution in [0.4, 0.5) is 0 Å². The van der Waals surface area contributed by atoms with Crippen LogP contribution < -0.4 is 0 Å². The third kappa shape index (κ3) is 2.50. The Bertz CT molecular complexity index is 367. The van der Waals surface area contributed by atoms with Gasteiger partial charge in [0, 0.05) is 18.4 Å². The quantitative estimate of drug-likeness (QED) is 0.657. The fourth-order valence-corrected chi connectivity index (χ4v) is 1.85. The first kappa shape index (κ1) is 10.0. The number of hydrogen-bond donors (Lipinski definition) is 0. The van der Waals surface area contributed by atoms with Crippen LogP contribution in [0.25, 0.3) is 0 Å². The van der Waals surface area contributed by atoms with Gasteiger partial charge < -0.3 is 4.90 Å². The molecule has 0 amide bonds. The van der Waals surface area contributed by atoms with E-state index in [2.05, 4.69) is 60.6 Å². The van der Waals surface area contributed by atoms with Crippen molar-refractivity contribution in [3.63, 3.8) is 0 Å². The smallest absolute Gasteiger partial charge is 0.0368 e. The summed E-state index contributed by atoms with van der Waals surface area (Å²) in [5.41, 5.74) is 2.69. The molecule has 0 aromatic heterocycles. The number of rotatable bonds is 2. The topological polar surface area (TPSA) is 3.24 Å². The van der Waals surface area contributed by atoms with Gasteiger partial charge in [0.2, 0.25) is 0 Å². The lowest BCUT2D eigenvalue weighted by Crippen LogP contribution is -2.16. The zero-order valence-corrected chi connectivity index (χ0v) is 9.19. The van der Waals surface area contributed by atoms with Gasteiger partial charge in [-0.2, -0.15) is 0 Å². The van der Waals surface area contributed by atoms with Crippen molar-refractivity contribution < 1.29 is 0 Å². The Labute approximate surface area is 91.8 Å². The van der Waals surface area contributed by atoms with Gasteiger partial charge in [0.25, 0.3) is 0 Å². The second-order valence-corrected chi connectivity index (χ2v) is 3.84. The van der Waals surface area contributed by atoms with Crippen LogP contribution in [-0.2, 0) is 0 Å². The zero-order valence-electron chi connectivity index (χ0n) is 9.19. The van der Waals surface area contributed by atoms with Gasteiger partial charge in [-0.1, -0.05) is 36.5 Å². The molecule has 0 aromatic rings. The Morgan fingerprint density at radius 3 is 2.87 bits per heavy atom. The molecule has 2 rings (SSSR count). The van der Waals surface area contributed by atoms with Crippen molar-refractivity contribution in [3.05, 3.63) is 60.0 Å². The summed E-state index contributed by atoms with van der Waals surface area (Å²) in [6, 6.07) is 0. The second-order valence-electron chi connectivity index (χ2n) is 3.84. The van der Waals surface area contributed by atoms with Crippen molar-refractivity contribution in [1.82, 2.24) is 4.90 Å². The SMILES string of the molecule is CN(C1=CCC=CC=C1)C1=CC=CCC1. The predicted octanol–water partition coefficient (Wildman–Crippen LogP) is 3.55. The molecule has 0 spiro atoms. The summed E-state index contributed by atoms with van der Waals surface area (Å²) >= 11 is 0. The summed E-state index contributed by atoms with van der Waals surface area (Å²) in [6.45, 7) is 0. The van der Waals surface area contributed by atoms with Gasteiger partial charge >= 0.3 is 0 Å². The monoisotopic (exact) mass is 199 g/mol. The van der Waals surface area contributed by atoms with Crippen molar-refractivity contribution in [1.29, 1.82) is 0 Å². The van der Waals surface area contributed by atoms with E-state index >= 15 is 0 Å². The molecule has 0 saturated carbocycles. The van der Waals surface area contributed by atoms with Gasteiger partial charge in [-0.25, -0.2) is 0 Å². The normalized spacial score (nSPS) is 19.5. The Morgan fingerprint density at radius 2 is 2.07 bits per heavy atom. The molecule has 0 heterocycles. The van der Waals surface area contributed by atoms with Crippen LogP contribution >= 0.6 is 0 Å². The summed E-state index contributed by atoms with van der Waals surface area (Å²) in [4.78, 5) is 2.28. The number of likely N-dealkylation sites (N-methyl/N-ethyl adjacent to an activating group) is 1. The van der Waals surface area contributed by atoms with E-state index in [-0.39, 0.29) is 0 Å². The summed E-state index contributed by atoms with van der Waals surface area (Å²) in [5.74, 6) is 0. The highest BCUT2D eigenvalue weighted by Crippen LogP contribution is 2.21. The fraction of sp³-hybridized carbons (Fsp3) is 0.286. The Morgan fingerprint density at radius 1 is 1.13 bits per heavy atom. The average molecular weight is 199 g/mol. The lowest BCUT2D eigenvalue weighted by molar-refractivity contribution is 0.506. The van der Waals surface area contributed by atoms with Crippen LogP contribution in [-0.4, -0.2) is 11.9 Å². The van der Waals surface area contributed by atoms with E-state index < -0.39 is 0 Å². The first-order valence-electron chi connectivity index (χ1n) is 5.51. The van der Waals surface area contributed by atoms with Gasteiger partial charge in [0.05, 0.1) is 0 Å². The van der Waals surface area contributed by atoms with E-state index in [1.165, 1.54) is 11.4 Å². The molecule has 1 heteroatoms. The minimum atomic E-state index is 1.02. The minimum absolute atomic E-state index is 1.02. The molecule has 0 radical (unpaired) electrons. The first-order valence-corrected chi connectivity index (χ1v) is 5.51. The highest BCUT2D eigenvalue weighted by atomic mass is 15.1. The average Bonchev–Trinajstić information content (AvgIpc) is 2.58. The summed E-state index contributed by atoms with van der Waals surface area (Å²) in [6.07, 6.45) is 20.7. The maximum Gasteiger partial charge on any atom is 0.0368 e. The van der Waals surface area contributed by atoms with E-state index in [1.807, 2.05) is 0 Å². The molecular formula is C14H17N. The second kappa shape index (κ2) is 4.83. The van der Waals surface area contributed by atoms with Gasteiger partial charge in [-0.15, -0.1) is 0 Å². The molecule has 15 heavy (non-hydrogen) atoms. The van der Waals surface area contributed by atoms with E-state index in [9.17, 15) is 0 Å². The largest absolute Gasteiger partial charge is 0.348 e. The molecule has 0 atom stereocenters. The summed E-state index contributed by atoms with van der Waals surface area (Å²) in [5, 5.41) is 0. The van der Waals surface area contributed by atoms with Crippen molar-refractivity contribution in [2.75, 3.05) is 7.05 Å². The van der Waals surface area contributed by atoms with E-state index in [0.29, 0.717) is 0 Å². The van der Waals surface area contributed by atoms with Crippen LogP contribution in [0.5, 0.6) is 0 Å². The maximum atomic E-state index is 2.28. The van der Waals surface area contributed by atoms with Gasteiger partial charge in [-0.05, 0) is 31.4 Å². The van der Waals surface area contributed by atoms with Crippen LogP contribution in [0.2, 0.25) is 0 Å². The van der Waals surface area contributed by atoms with E-state index in [4.69, 9.17) is 0 Å². The van der Waals surface area contributed by atoms with Gasteiger partial charge in [-0.3, -0.25) is 0 Å². The van der Waals surface area contributed by atoms with Crippen molar-refractivity contribution >= 4 is 0 Å². The molecular weight excluding hydrogens is 182 g/mol. The van der Waals surface area contributed by atoms with E-state index in [1.54, 1.807) is 0 Å². The lowest BCUT2D eigenvalue weighted by atomic mass is 10.1. The molecule has 0 aromatic carbocycles. The number of allylic oxidation sites excluding steroid dienone is 9. The molecule has 78 valence electrons. The standard InChI is InChI=1S/C14H17N/c1-15(14-11-7-4-8-12-14)13-9-5-2-3-6-10-13/h2-5,7,9-11H,6,8,12H2,1H3. The van der Waals surface area contributed by atoms with Crippen LogP contribution in [0.3, 0.4) is 0 Å². The predicted molar refractivity (Wildman–Crippen MR) is 65.2 cm³/mol. The third-order valence-electron chi connectivity index (χ3n) is 2.79. The molecule has 0 unspecified atom stereocenters. The molecule has 2 aliphatic rings. The van der Waals surface area contributed by atoms with Crippen molar-refractivity contribution in [2.45, 2.75) is 19.3 Å². The molecule has 0 aliphatic heterocycles. The molecule has 0 saturated heterocycles. The van der Waals surface area contributed by atoms with Crippen molar-refractivity contribution in [2.24, 2.45) is 0 Å². The highest BCUT2D eigenvalue weighted by Gasteiger charge is 2.08. The van der Waals surface area contributed by atoms with Crippen LogP contribution in [0.15, 0.2) is 60.0 Å². The van der Waals surface area contributed by atoms with Crippen molar-refractivity contribution in [3.8, 4) is 0 Å². The lowest BCUT2D eigenvalue weighted by Gasteiger charge is -2.24. The Hall–Kier alpha value is -1.50. The Kier molecular flexibility index (Phi) is 3.23. The number of nitrogens with zero attached hydrogens (tertiary/aromatic N) is 1. The summed E-state index contributed by atoms with van der Waals surface area (Å²) in [7, 11) is 2.15.